The van der Waals surface area contributed by atoms with Crippen molar-refractivity contribution in [3.8, 4) is 0 Å². The molecule has 0 aliphatic heterocycles. The lowest BCUT2D eigenvalue weighted by Gasteiger charge is -2.09. The molecule has 18 heavy (non-hydrogen) atoms. The fourth-order valence-electron chi connectivity index (χ4n) is 1.65. The van der Waals surface area contributed by atoms with E-state index in [1.807, 2.05) is 32.0 Å². The summed E-state index contributed by atoms with van der Waals surface area (Å²) in [5, 5.41) is 10.3. The molecule has 1 heterocycles. The molecule has 0 saturated carbocycles. The lowest BCUT2D eigenvalue weighted by atomic mass is 10.1. The highest BCUT2D eigenvalue weighted by molar-refractivity contribution is 5.91. The molecule has 1 aromatic carbocycles. The summed E-state index contributed by atoms with van der Waals surface area (Å²) in [7, 11) is 0. The van der Waals surface area contributed by atoms with Gasteiger partial charge in [0, 0.05) is 18.7 Å². The Hall–Kier alpha value is -2.17. The van der Waals surface area contributed by atoms with E-state index in [1.54, 1.807) is 17.2 Å². The van der Waals surface area contributed by atoms with Gasteiger partial charge in [-0.2, -0.15) is 0 Å². The molecule has 0 aliphatic carbocycles. The molecule has 0 aliphatic rings. The Labute approximate surface area is 106 Å². The van der Waals surface area contributed by atoms with Crippen LogP contribution < -0.4 is 5.32 Å². The van der Waals surface area contributed by atoms with Gasteiger partial charge in [0.2, 0.25) is 5.91 Å². The van der Waals surface area contributed by atoms with Gasteiger partial charge >= 0.3 is 0 Å². The van der Waals surface area contributed by atoms with Gasteiger partial charge in [-0.15, -0.1) is 10.2 Å². The molecule has 0 saturated heterocycles. The Kier molecular flexibility index (Phi) is 3.72. The molecule has 0 spiro atoms. The standard InChI is InChI=1S/C13H16N4O/c1-10-3-4-11(2)12(7-10)16-13(18)5-6-17-8-14-15-9-17/h3-4,7-9H,5-6H2,1-2H3,(H,16,18). The summed E-state index contributed by atoms with van der Waals surface area (Å²) in [6.07, 6.45) is 3.61. The SMILES string of the molecule is Cc1ccc(C)c(NC(=O)CCn2cnnc2)c1. The van der Waals surface area contributed by atoms with Crippen LogP contribution in [0, 0.1) is 13.8 Å². The zero-order valence-electron chi connectivity index (χ0n) is 10.6. The van der Waals surface area contributed by atoms with Crippen molar-refractivity contribution in [2.75, 3.05) is 5.32 Å². The normalized spacial score (nSPS) is 10.3. The molecule has 1 aromatic heterocycles. The summed E-state index contributed by atoms with van der Waals surface area (Å²) >= 11 is 0. The van der Waals surface area contributed by atoms with E-state index in [-0.39, 0.29) is 5.91 Å². The van der Waals surface area contributed by atoms with Gasteiger partial charge in [0.15, 0.2) is 0 Å². The molecule has 2 aromatic rings. The number of hydrogen-bond donors (Lipinski definition) is 1. The fraction of sp³-hybridized carbons (Fsp3) is 0.308. The summed E-state index contributed by atoms with van der Waals surface area (Å²) in [5.74, 6) is -0.00241. The number of aryl methyl sites for hydroxylation is 3. The first-order valence-corrected chi connectivity index (χ1v) is 5.84. The molecule has 0 unspecified atom stereocenters. The molecule has 5 nitrogen and oxygen atoms in total. The van der Waals surface area contributed by atoms with Crippen LogP contribution in [0.2, 0.25) is 0 Å². The lowest BCUT2D eigenvalue weighted by Crippen LogP contribution is -2.14. The largest absolute Gasteiger partial charge is 0.326 e. The van der Waals surface area contributed by atoms with E-state index in [0.717, 1.165) is 16.8 Å². The quantitative estimate of drug-likeness (QED) is 0.893. The third-order valence-corrected chi connectivity index (χ3v) is 2.73. The zero-order valence-corrected chi connectivity index (χ0v) is 10.6. The first kappa shape index (κ1) is 12.3. The van der Waals surface area contributed by atoms with Crippen LogP contribution in [0.15, 0.2) is 30.9 Å². The van der Waals surface area contributed by atoms with Gasteiger partial charge in [-0.25, -0.2) is 0 Å². The molecule has 0 fully saturated rings. The molecule has 0 bridgehead atoms. The Morgan fingerprint density at radius 3 is 2.72 bits per heavy atom. The highest BCUT2D eigenvalue weighted by Crippen LogP contribution is 2.16. The molecular formula is C13H16N4O. The predicted molar refractivity (Wildman–Crippen MR) is 69.2 cm³/mol. The van der Waals surface area contributed by atoms with Crippen LogP contribution in [-0.4, -0.2) is 20.7 Å². The van der Waals surface area contributed by atoms with E-state index < -0.39 is 0 Å². The number of nitrogens with one attached hydrogen (secondary N) is 1. The first-order valence-electron chi connectivity index (χ1n) is 5.84. The van der Waals surface area contributed by atoms with Crippen LogP contribution in [0.3, 0.4) is 0 Å². The minimum absolute atomic E-state index is 0.00241. The number of benzene rings is 1. The minimum atomic E-state index is -0.00241. The Morgan fingerprint density at radius 2 is 2.00 bits per heavy atom. The van der Waals surface area contributed by atoms with E-state index in [9.17, 15) is 4.79 Å². The van der Waals surface area contributed by atoms with Crippen molar-refractivity contribution >= 4 is 11.6 Å². The second-order valence-electron chi connectivity index (χ2n) is 4.32. The second-order valence-corrected chi connectivity index (χ2v) is 4.32. The molecule has 2 rings (SSSR count). The highest BCUT2D eigenvalue weighted by atomic mass is 16.1. The summed E-state index contributed by atoms with van der Waals surface area (Å²) in [6, 6.07) is 6.01. The van der Waals surface area contributed by atoms with E-state index >= 15 is 0 Å². The van der Waals surface area contributed by atoms with Crippen LogP contribution in [-0.2, 0) is 11.3 Å². The first-order chi connectivity index (χ1) is 8.65. The Balaban J connectivity index is 1.92. The number of nitrogens with zero attached hydrogens (tertiary/aromatic N) is 3. The summed E-state index contributed by atoms with van der Waals surface area (Å²) < 4.78 is 1.78. The van der Waals surface area contributed by atoms with Crippen molar-refractivity contribution in [2.24, 2.45) is 0 Å². The topological polar surface area (TPSA) is 59.8 Å². The smallest absolute Gasteiger partial charge is 0.226 e. The van der Waals surface area contributed by atoms with Crippen molar-refractivity contribution in [3.63, 3.8) is 0 Å². The van der Waals surface area contributed by atoms with Crippen molar-refractivity contribution in [2.45, 2.75) is 26.8 Å². The number of carbonyl (C=O) groups is 1. The van der Waals surface area contributed by atoms with Crippen LogP contribution in [0.1, 0.15) is 17.5 Å². The van der Waals surface area contributed by atoms with Crippen molar-refractivity contribution in [1.82, 2.24) is 14.8 Å². The average Bonchev–Trinajstić information content (AvgIpc) is 2.84. The van der Waals surface area contributed by atoms with E-state index in [0.29, 0.717) is 13.0 Å². The molecule has 1 amide bonds. The van der Waals surface area contributed by atoms with Gasteiger partial charge in [0.25, 0.3) is 0 Å². The highest BCUT2D eigenvalue weighted by Gasteiger charge is 2.05. The van der Waals surface area contributed by atoms with Crippen molar-refractivity contribution in [3.05, 3.63) is 42.0 Å². The van der Waals surface area contributed by atoms with Gasteiger partial charge in [-0.05, 0) is 31.0 Å². The average molecular weight is 244 g/mol. The lowest BCUT2D eigenvalue weighted by molar-refractivity contribution is -0.116. The van der Waals surface area contributed by atoms with Gasteiger partial charge in [0.1, 0.15) is 12.7 Å². The third kappa shape index (κ3) is 3.16. The third-order valence-electron chi connectivity index (χ3n) is 2.73. The van der Waals surface area contributed by atoms with E-state index in [1.165, 1.54) is 0 Å². The van der Waals surface area contributed by atoms with Crippen molar-refractivity contribution < 1.29 is 4.79 Å². The van der Waals surface area contributed by atoms with Crippen LogP contribution >= 0.6 is 0 Å². The van der Waals surface area contributed by atoms with Crippen molar-refractivity contribution in [1.29, 1.82) is 0 Å². The van der Waals surface area contributed by atoms with Crippen LogP contribution in [0.4, 0.5) is 5.69 Å². The Bertz CT molecular complexity index is 534. The molecule has 0 radical (unpaired) electrons. The number of carbonyl (C=O) groups excluding carboxylic acids is 1. The maximum Gasteiger partial charge on any atom is 0.226 e. The van der Waals surface area contributed by atoms with Crippen LogP contribution in [0.25, 0.3) is 0 Å². The monoisotopic (exact) mass is 244 g/mol. The zero-order chi connectivity index (χ0) is 13.0. The van der Waals surface area contributed by atoms with E-state index in [4.69, 9.17) is 0 Å². The summed E-state index contributed by atoms with van der Waals surface area (Å²) in [4.78, 5) is 11.8. The summed E-state index contributed by atoms with van der Waals surface area (Å²) in [6.45, 7) is 4.57. The number of hydrogen-bond acceptors (Lipinski definition) is 3. The summed E-state index contributed by atoms with van der Waals surface area (Å²) in [5.41, 5.74) is 3.08. The maximum absolute atomic E-state index is 11.8. The van der Waals surface area contributed by atoms with Gasteiger partial charge in [-0.3, -0.25) is 4.79 Å². The van der Waals surface area contributed by atoms with Gasteiger partial charge in [0.05, 0.1) is 0 Å². The molecule has 0 atom stereocenters. The number of amides is 1. The Morgan fingerprint density at radius 1 is 1.28 bits per heavy atom. The number of anilines is 1. The second kappa shape index (κ2) is 5.44. The predicted octanol–water partition coefficient (Wildman–Crippen LogP) is 1.92. The molecule has 1 N–H and O–H groups in total. The fourth-order valence-corrected chi connectivity index (χ4v) is 1.65. The van der Waals surface area contributed by atoms with Crippen LogP contribution in [0.5, 0.6) is 0 Å². The number of aromatic nitrogens is 3. The van der Waals surface area contributed by atoms with Gasteiger partial charge < -0.3 is 9.88 Å². The maximum atomic E-state index is 11.8. The molecule has 5 heteroatoms. The molecule has 94 valence electrons. The van der Waals surface area contributed by atoms with Gasteiger partial charge in [-0.1, -0.05) is 12.1 Å². The number of rotatable bonds is 4. The van der Waals surface area contributed by atoms with E-state index in [2.05, 4.69) is 15.5 Å². The molecular weight excluding hydrogens is 228 g/mol. The minimum Gasteiger partial charge on any atom is -0.326 e.